The van der Waals surface area contributed by atoms with Crippen LogP contribution in [-0.2, 0) is 9.59 Å². The summed E-state index contributed by atoms with van der Waals surface area (Å²) in [5.74, 6) is -0.597. The van der Waals surface area contributed by atoms with Crippen molar-refractivity contribution >= 4 is 63.3 Å². The number of fused-ring (bicyclic) bond motifs is 1. The van der Waals surface area contributed by atoms with E-state index in [1.807, 2.05) is 35.7 Å². The molecule has 10 heteroatoms. The number of imide groups is 1. The summed E-state index contributed by atoms with van der Waals surface area (Å²) in [6.45, 7) is 0. The largest absolute Gasteiger partial charge is 0.445 e. The lowest BCUT2D eigenvalue weighted by Crippen LogP contribution is -2.54. The van der Waals surface area contributed by atoms with Gasteiger partial charge in [-0.1, -0.05) is 41.0 Å². The second kappa shape index (κ2) is 8.33. The summed E-state index contributed by atoms with van der Waals surface area (Å²) >= 11 is 2.64. The van der Waals surface area contributed by atoms with Gasteiger partial charge in [-0.25, -0.2) is 9.79 Å². The number of amidine groups is 2. The number of rotatable bonds is 4. The zero-order valence-corrected chi connectivity index (χ0v) is 17.9. The van der Waals surface area contributed by atoms with Crippen LogP contribution in [0.15, 0.2) is 57.8 Å². The van der Waals surface area contributed by atoms with E-state index in [9.17, 15) is 14.4 Å². The molecule has 0 fully saturated rings. The lowest BCUT2D eigenvalue weighted by atomic mass is 10.0. The van der Waals surface area contributed by atoms with Gasteiger partial charge in [0.25, 0.3) is 5.84 Å². The highest BCUT2D eigenvalue weighted by molar-refractivity contribution is 8.14. The molecular formula is C20H18N5O3S2+. The van der Waals surface area contributed by atoms with Gasteiger partial charge in [0.2, 0.25) is 11.7 Å². The molecule has 0 saturated carbocycles. The number of carbonyl (C=O) groups excluding carboxylic acids is 3. The van der Waals surface area contributed by atoms with Crippen LogP contribution in [-0.4, -0.2) is 63.9 Å². The van der Waals surface area contributed by atoms with E-state index in [4.69, 9.17) is 0 Å². The molecule has 0 saturated heterocycles. The first-order chi connectivity index (χ1) is 14.5. The average Bonchev–Trinajstić information content (AvgIpc) is 3.30. The number of para-hydroxylation sites is 1. The molecule has 3 heterocycles. The predicted octanol–water partition coefficient (Wildman–Crippen LogP) is 2.53. The van der Waals surface area contributed by atoms with Crippen LogP contribution >= 0.6 is 23.1 Å². The van der Waals surface area contributed by atoms with E-state index < -0.39 is 17.9 Å². The Hall–Kier alpha value is -3.11. The van der Waals surface area contributed by atoms with E-state index in [0.717, 1.165) is 9.78 Å². The molecule has 1 atom stereocenters. The number of hydrogen-bond donors (Lipinski definition) is 1. The maximum absolute atomic E-state index is 12.9. The van der Waals surface area contributed by atoms with Gasteiger partial charge < -0.3 is 5.32 Å². The van der Waals surface area contributed by atoms with Crippen molar-refractivity contribution in [2.45, 2.75) is 0 Å². The highest BCUT2D eigenvalue weighted by Crippen LogP contribution is 2.27. The number of benzene rings is 1. The second-order valence-electron chi connectivity index (χ2n) is 6.60. The van der Waals surface area contributed by atoms with E-state index in [1.54, 1.807) is 19.2 Å². The maximum atomic E-state index is 12.9. The zero-order chi connectivity index (χ0) is 21.3. The van der Waals surface area contributed by atoms with Crippen molar-refractivity contribution in [3.8, 4) is 0 Å². The van der Waals surface area contributed by atoms with Gasteiger partial charge >= 0.3 is 11.9 Å². The summed E-state index contributed by atoms with van der Waals surface area (Å²) in [6.07, 6.45) is 0. The number of nitrogens with one attached hydrogen (secondary N) is 1. The predicted molar refractivity (Wildman–Crippen MR) is 119 cm³/mol. The maximum Gasteiger partial charge on any atom is 0.445 e. The highest BCUT2D eigenvalue weighted by Gasteiger charge is 2.49. The van der Waals surface area contributed by atoms with Gasteiger partial charge in [0.05, 0.1) is 24.7 Å². The topological polar surface area (TPSA) is 94.2 Å². The fourth-order valence-corrected chi connectivity index (χ4v) is 4.60. The number of anilines is 1. The molecule has 2 aliphatic heterocycles. The van der Waals surface area contributed by atoms with Crippen molar-refractivity contribution in [1.82, 2.24) is 4.90 Å². The van der Waals surface area contributed by atoms with E-state index in [1.165, 1.54) is 34.7 Å². The third kappa shape index (κ3) is 3.83. The van der Waals surface area contributed by atoms with Crippen LogP contribution in [0.1, 0.15) is 4.88 Å². The molecule has 4 rings (SSSR count). The molecule has 0 bridgehead atoms. The Kier molecular flexibility index (Phi) is 5.60. The lowest BCUT2D eigenvalue weighted by Gasteiger charge is -2.26. The molecule has 1 unspecified atom stereocenters. The van der Waals surface area contributed by atoms with Gasteiger partial charge in [-0.05, 0) is 23.6 Å². The molecule has 4 amide bonds. The van der Waals surface area contributed by atoms with Crippen LogP contribution in [0, 0.1) is 5.92 Å². The van der Waals surface area contributed by atoms with Crippen LogP contribution in [0.3, 0.4) is 0 Å². The van der Waals surface area contributed by atoms with Crippen molar-refractivity contribution in [1.29, 1.82) is 0 Å². The first-order valence-electron chi connectivity index (χ1n) is 9.06. The lowest BCUT2D eigenvalue weighted by molar-refractivity contribution is -0.407. The summed E-state index contributed by atoms with van der Waals surface area (Å²) < 4.78 is 1.36. The smallest absolute Gasteiger partial charge is 0.325 e. The monoisotopic (exact) mass is 440 g/mol. The van der Waals surface area contributed by atoms with Crippen molar-refractivity contribution < 1.29 is 19.0 Å². The number of nitrogens with zero attached hydrogens (tertiary/aromatic N) is 4. The summed E-state index contributed by atoms with van der Waals surface area (Å²) in [6, 6.07) is 12.4. The van der Waals surface area contributed by atoms with E-state index in [-0.39, 0.29) is 11.7 Å². The molecule has 0 aliphatic carbocycles. The van der Waals surface area contributed by atoms with Gasteiger partial charge in [0, 0.05) is 5.69 Å². The molecule has 1 N–H and O–H groups in total. The molecule has 2 aliphatic rings. The Morgan fingerprint density at radius 3 is 2.67 bits per heavy atom. The summed E-state index contributed by atoms with van der Waals surface area (Å²) in [7, 11) is 3.01. The molecule has 152 valence electrons. The van der Waals surface area contributed by atoms with Crippen molar-refractivity contribution in [2.24, 2.45) is 15.9 Å². The first kappa shape index (κ1) is 20.2. The van der Waals surface area contributed by atoms with Crippen molar-refractivity contribution in [2.75, 3.05) is 25.2 Å². The number of thioether (sulfide) groups is 1. The van der Waals surface area contributed by atoms with Crippen LogP contribution in [0.25, 0.3) is 0 Å². The molecule has 8 nitrogen and oxygen atoms in total. The van der Waals surface area contributed by atoms with Gasteiger partial charge in [0.1, 0.15) is 5.04 Å². The minimum absolute atomic E-state index is 0.0733. The van der Waals surface area contributed by atoms with E-state index >= 15 is 0 Å². The van der Waals surface area contributed by atoms with Crippen molar-refractivity contribution in [3.63, 3.8) is 0 Å². The Labute approximate surface area is 181 Å². The van der Waals surface area contributed by atoms with Gasteiger partial charge in [-0.15, -0.1) is 11.3 Å². The molecule has 30 heavy (non-hydrogen) atoms. The number of thiophene rings is 1. The Morgan fingerprint density at radius 2 is 1.97 bits per heavy atom. The minimum Gasteiger partial charge on any atom is -0.325 e. The van der Waals surface area contributed by atoms with Crippen LogP contribution < -0.4 is 5.32 Å². The molecule has 1 aromatic heterocycles. The Balaban J connectivity index is 1.63. The third-order valence-corrected chi connectivity index (χ3v) is 6.48. The molecule has 0 spiro atoms. The van der Waals surface area contributed by atoms with E-state index in [0.29, 0.717) is 22.4 Å². The number of hydrogen-bond acceptors (Lipinski definition) is 7. The molecule has 2 aromatic rings. The standard InChI is InChI=1S/C20H17N5O3S2/c1-24-17-15(19(27)25(2)20(24)28)18(23-16(22-17)13-9-6-10-29-13)30-11-14(26)21-12-7-4-3-5-8-12/h3-10,15H,11H2,1-2H3/p+1. The quantitative estimate of drug-likeness (QED) is 0.740. The number of urea groups is 1. The SMILES string of the molecule is CN1C(=O)C2C(SCC(=O)Nc3ccccc3)=NC(c3cccs3)=NC2=[N+](C)C1=O. The second-order valence-corrected chi connectivity index (χ2v) is 8.54. The van der Waals surface area contributed by atoms with E-state index in [2.05, 4.69) is 15.3 Å². The Morgan fingerprint density at radius 1 is 1.20 bits per heavy atom. The highest BCUT2D eigenvalue weighted by atomic mass is 32.2. The summed E-state index contributed by atoms with van der Waals surface area (Å²) in [5, 5.41) is 5.17. The first-order valence-corrected chi connectivity index (χ1v) is 10.9. The summed E-state index contributed by atoms with van der Waals surface area (Å²) in [4.78, 5) is 48.6. The van der Waals surface area contributed by atoms with Crippen LogP contribution in [0.4, 0.5) is 10.5 Å². The summed E-state index contributed by atoms with van der Waals surface area (Å²) in [5.41, 5.74) is 0.695. The van der Waals surface area contributed by atoms with Crippen LogP contribution in [0.2, 0.25) is 0 Å². The fourth-order valence-electron chi connectivity index (χ4n) is 3.06. The molecule has 1 aromatic carbocycles. The number of aliphatic imine (C=N–C) groups is 2. The number of carbonyl (C=O) groups is 3. The molecule has 0 radical (unpaired) electrons. The zero-order valence-electron chi connectivity index (χ0n) is 16.2. The van der Waals surface area contributed by atoms with Gasteiger partial charge in [-0.2, -0.15) is 9.48 Å². The molecular weight excluding hydrogens is 422 g/mol. The third-order valence-electron chi connectivity index (χ3n) is 4.59. The van der Waals surface area contributed by atoms with Crippen molar-refractivity contribution in [3.05, 3.63) is 52.7 Å². The minimum atomic E-state index is -0.809. The van der Waals surface area contributed by atoms with Gasteiger partial charge in [-0.3, -0.25) is 9.59 Å². The normalized spacial score (nSPS) is 18.7. The average molecular weight is 441 g/mol. The fraction of sp³-hybridized carbons (Fsp3) is 0.200. The number of amides is 4. The van der Waals surface area contributed by atoms with Crippen LogP contribution in [0.5, 0.6) is 0 Å². The Bertz CT molecular complexity index is 1110. The van der Waals surface area contributed by atoms with Gasteiger partial charge in [0.15, 0.2) is 5.92 Å².